The van der Waals surface area contributed by atoms with Crippen LogP contribution in [0.5, 0.6) is 0 Å². The lowest BCUT2D eigenvalue weighted by molar-refractivity contribution is 0.144. The number of aryl methyl sites for hydroxylation is 1. The first kappa shape index (κ1) is 18.7. The van der Waals surface area contributed by atoms with E-state index < -0.39 is 0 Å². The number of carbonyl (C=O) groups is 1. The van der Waals surface area contributed by atoms with Crippen LogP contribution in [0.3, 0.4) is 0 Å². The number of urea groups is 1. The summed E-state index contributed by atoms with van der Waals surface area (Å²) in [6.07, 6.45) is 0. The minimum Gasteiger partial charge on any atom is -0.338 e. The van der Waals surface area contributed by atoms with Crippen LogP contribution in [0.1, 0.15) is 30.9 Å². The second kappa shape index (κ2) is 9.04. The molecule has 134 valence electrons. The van der Waals surface area contributed by atoms with E-state index in [0.717, 1.165) is 32.7 Å². The van der Waals surface area contributed by atoms with Gasteiger partial charge in [0.05, 0.1) is 0 Å². The van der Waals surface area contributed by atoms with Crippen LogP contribution in [0, 0.1) is 6.92 Å². The number of nitrogens with zero attached hydrogens (tertiary/aromatic N) is 2. The Kier molecular flexibility index (Phi) is 7.06. The highest BCUT2D eigenvalue weighted by molar-refractivity contribution is 5.74. The van der Waals surface area contributed by atoms with Gasteiger partial charge in [0.1, 0.15) is 0 Å². The molecule has 2 unspecified atom stereocenters. The molecule has 1 fully saturated rings. The molecule has 24 heavy (non-hydrogen) atoms. The first-order chi connectivity index (χ1) is 11.4. The highest BCUT2D eigenvalue weighted by atomic mass is 16.2. The van der Waals surface area contributed by atoms with Gasteiger partial charge in [-0.05, 0) is 32.4 Å². The van der Waals surface area contributed by atoms with Gasteiger partial charge in [-0.25, -0.2) is 4.79 Å². The summed E-state index contributed by atoms with van der Waals surface area (Å²) in [6.45, 7) is 12.2. The van der Waals surface area contributed by atoms with E-state index in [2.05, 4.69) is 72.5 Å². The highest BCUT2D eigenvalue weighted by Crippen LogP contribution is 2.15. The van der Waals surface area contributed by atoms with Gasteiger partial charge in [-0.2, -0.15) is 0 Å². The molecule has 0 aliphatic carbocycles. The Morgan fingerprint density at radius 2 is 1.92 bits per heavy atom. The van der Waals surface area contributed by atoms with Gasteiger partial charge >= 0.3 is 6.03 Å². The van der Waals surface area contributed by atoms with Crippen LogP contribution >= 0.6 is 0 Å². The smallest absolute Gasteiger partial charge is 0.315 e. The van der Waals surface area contributed by atoms with Crippen molar-refractivity contribution < 1.29 is 4.79 Å². The second-order valence-electron chi connectivity index (χ2n) is 7.17. The Balaban J connectivity index is 1.68. The summed E-state index contributed by atoms with van der Waals surface area (Å²) in [7, 11) is 2.15. The maximum Gasteiger partial charge on any atom is 0.315 e. The van der Waals surface area contributed by atoms with Crippen molar-refractivity contribution in [1.82, 2.24) is 20.4 Å². The highest BCUT2D eigenvalue weighted by Gasteiger charge is 2.17. The molecule has 1 aromatic carbocycles. The summed E-state index contributed by atoms with van der Waals surface area (Å²) in [4.78, 5) is 16.9. The third-order valence-corrected chi connectivity index (χ3v) is 4.69. The molecule has 2 amide bonds. The predicted octanol–water partition coefficient (Wildman–Crippen LogP) is 2.03. The van der Waals surface area contributed by atoms with E-state index in [-0.39, 0.29) is 12.1 Å². The largest absolute Gasteiger partial charge is 0.338 e. The zero-order valence-electron chi connectivity index (χ0n) is 15.5. The Morgan fingerprint density at radius 3 is 2.58 bits per heavy atom. The van der Waals surface area contributed by atoms with Gasteiger partial charge < -0.3 is 15.5 Å². The van der Waals surface area contributed by atoms with Crippen LogP contribution in [0.15, 0.2) is 24.3 Å². The number of rotatable bonds is 6. The minimum atomic E-state index is -0.0730. The molecule has 2 N–H and O–H groups in total. The van der Waals surface area contributed by atoms with Gasteiger partial charge in [0.2, 0.25) is 0 Å². The van der Waals surface area contributed by atoms with E-state index in [4.69, 9.17) is 0 Å². The third kappa shape index (κ3) is 6.13. The SMILES string of the molecule is Cc1cccc(C(C)CNC(=O)NC(C)CN2CCN(C)CC2)c1. The van der Waals surface area contributed by atoms with Gasteiger partial charge in [0, 0.05) is 45.3 Å². The molecular weight excluding hydrogens is 300 g/mol. The molecule has 1 aliphatic rings. The number of hydrogen-bond acceptors (Lipinski definition) is 3. The molecule has 0 bridgehead atoms. The van der Waals surface area contributed by atoms with Crippen molar-refractivity contribution in [3.63, 3.8) is 0 Å². The Labute approximate surface area is 146 Å². The third-order valence-electron chi connectivity index (χ3n) is 4.69. The van der Waals surface area contributed by atoms with Gasteiger partial charge in [-0.1, -0.05) is 36.8 Å². The van der Waals surface area contributed by atoms with Crippen LogP contribution in [0.4, 0.5) is 4.79 Å². The van der Waals surface area contributed by atoms with E-state index in [1.165, 1.54) is 11.1 Å². The molecule has 1 saturated heterocycles. The lowest BCUT2D eigenvalue weighted by Gasteiger charge is -2.34. The van der Waals surface area contributed by atoms with Crippen molar-refractivity contribution in [3.05, 3.63) is 35.4 Å². The molecule has 0 saturated carbocycles. The number of carbonyl (C=O) groups excluding carboxylic acids is 1. The summed E-state index contributed by atoms with van der Waals surface area (Å²) in [6, 6.07) is 8.54. The molecule has 2 rings (SSSR count). The number of nitrogens with one attached hydrogen (secondary N) is 2. The van der Waals surface area contributed by atoms with E-state index in [1.807, 2.05) is 0 Å². The van der Waals surface area contributed by atoms with Crippen molar-refractivity contribution >= 4 is 6.03 Å². The minimum absolute atomic E-state index is 0.0730. The number of benzene rings is 1. The summed E-state index contributed by atoms with van der Waals surface area (Å²) in [5.74, 6) is 0.309. The lowest BCUT2D eigenvalue weighted by atomic mass is 9.99. The molecule has 2 atom stereocenters. The van der Waals surface area contributed by atoms with E-state index in [1.54, 1.807) is 0 Å². The molecule has 1 aromatic rings. The fraction of sp³-hybridized carbons (Fsp3) is 0.632. The molecule has 1 aliphatic heterocycles. The fourth-order valence-corrected chi connectivity index (χ4v) is 3.08. The van der Waals surface area contributed by atoms with Crippen molar-refractivity contribution in [2.75, 3.05) is 46.3 Å². The first-order valence-electron chi connectivity index (χ1n) is 8.96. The summed E-state index contributed by atoms with van der Waals surface area (Å²) < 4.78 is 0. The standard InChI is InChI=1S/C19H32N4O/c1-15-6-5-7-18(12-15)16(2)13-20-19(24)21-17(3)14-23-10-8-22(4)9-11-23/h5-7,12,16-17H,8-11,13-14H2,1-4H3,(H2,20,21,24). The van der Waals surface area contributed by atoms with E-state index in [0.29, 0.717) is 12.5 Å². The number of hydrogen-bond donors (Lipinski definition) is 2. The quantitative estimate of drug-likeness (QED) is 0.838. The van der Waals surface area contributed by atoms with E-state index >= 15 is 0 Å². The Morgan fingerprint density at radius 1 is 1.21 bits per heavy atom. The molecule has 1 heterocycles. The monoisotopic (exact) mass is 332 g/mol. The molecular formula is C19H32N4O. The maximum absolute atomic E-state index is 12.1. The van der Waals surface area contributed by atoms with Crippen molar-refractivity contribution in [3.8, 4) is 0 Å². The second-order valence-corrected chi connectivity index (χ2v) is 7.17. The zero-order valence-corrected chi connectivity index (χ0v) is 15.5. The maximum atomic E-state index is 12.1. The van der Waals surface area contributed by atoms with Crippen molar-refractivity contribution in [2.24, 2.45) is 0 Å². The van der Waals surface area contributed by atoms with Gasteiger partial charge in [0.25, 0.3) is 0 Å². The number of amides is 2. The Bertz CT molecular complexity index is 526. The van der Waals surface area contributed by atoms with Crippen LogP contribution in [-0.4, -0.2) is 68.2 Å². The van der Waals surface area contributed by atoms with Crippen LogP contribution in [-0.2, 0) is 0 Å². The summed E-state index contributed by atoms with van der Waals surface area (Å²) in [5.41, 5.74) is 2.52. The van der Waals surface area contributed by atoms with Crippen LogP contribution < -0.4 is 10.6 Å². The van der Waals surface area contributed by atoms with E-state index in [9.17, 15) is 4.79 Å². The zero-order chi connectivity index (χ0) is 17.5. The molecule has 0 radical (unpaired) electrons. The summed E-state index contributed by atoms with van der Waals surface area (Å²) in [5, 5.41) is 6.05. The Hall–Kier alpha value is -1.59. The van der Waals surface area contributed by atoms with Crippen molar-refractivity contribution in [1.29, 1.82) is 0 Å². The lowest BCUT2D eigenvalue weighted by Crippen LogP contribution is -2.51. The molecule has 0 aromatic heterocycles. The topological polar surface area (TPSA) is 47.6 Å². The molecule has 5 nitrogen and oxygen atoms in total. The molecule has 0 spiro atoms. The first-order valence-corrected chi connectivity index (χ1v) is 8.96. The molecule has 5 heteroatoms. The van der Waals surface area contributed by atoms with Crippen LogP contribution in [0.25, 0.3) is 0 Å². The van der Waals surface area contributed by atoms with Crippen molar-refractivity contribution in [2.45, 2.75) is 32.7 Å². The van der Waals surface area contributed by atoms with Gasteiger partial charge in [-0.15, -0.1) is 0 Å². The average Bonchev–Trinajstić information content (AvgIpc) is 2.54. The fourth-order valence-electron chi connectivity index (χ4n) is 3.08. The van der Waals surface area contributed by atoms with Crippen LogP contribution in [0.2, 0.25) is 0 Å². The normalized spacial score (nSPS) is 18.8. The summed E-state index contributed by atoms with van der Waals surface area (Å²) >= 11 is 0. The average molecular weight is 332 g/mol. The van der Waals surface area contributed by atoms with Gasteiger partial charge in [0.15, 0.2) is 0 Å². The number of likely N-dealkylation sites (N-methyl/N-ethyl adjacent to an activating group) is 1. The number of piperazine rings is 1. The van der Waals surface area contributed by atoms with Gasteiger partial charge in [-0.3, -0.25) is 4.90 Å². The predicted molar refractivity (Wildman–Crippen MR) is 99.5 cm³/mol.